The lowest BCUT2D eigenvalue weighted by Crippen LogP contribution is -2.40. The lowest BCUT2D eigenvalue weighted by Gasteiger charge is -2.16. The molecule has 0 saturated heterocycles. The minimum absolute atomic E-state index is 0.0115. The molecule has 1 aromatic rings. The number of carbonyl (C=O) groups is 2. The average Bonchev–Trinajstić information content (AvgIpc) is 3.13. The standard InChI is InChI=1S/C18H30N4O2/c1-13(20-18(24)16-7-4-5-8-16)12-17(23)19-9-6-10-22-15(3)11-14(2)21-22/h11,13,16H,4-10,12H2,1-3H3,(H,19,23)(H,20,24)/t13-/m0/s1. The van der Waals surface area contributed by atoms with E-state index in [0.29, 0.717) is 13.0 Å². The van der Waals surface area contributed by atoms with Crippen LogP contribution in [-0.4, -0.2) is 34.2 Å². The Morgan fingerprint density at radius 2 is 2.04 bits per heavy atom. The van der Waals surface area contributed by atoms with Gasteiger partial charge in [0.05, 0.1) is 5.69 Å². The van der Waals surface area contributed by atoms with E-state index in [0.717, 1.165) is 50.0 Å². The molecule has 0 aromatic carbocycles. The van der Waals surface area contributed by atoms with E-state index in [1.807, 2.05) is 31.5 Å². The number of amides is 2. The third kappa shape index (κ3) is 5.65. The van der Waals surface area contributed by atoms with Crippen LogP contribution in [0.4, 0.5) is 0 Å². The smallest absolute Gasteiger partial charge is 0.223 e. The third-order valence-corrected chi connectivity index (χ3v) is 4.58. The normalized spacial score (nSPS) is 16.1. The Balaban J connectivity index is 1.60. The molecular formula is C18H30N4O2. The second-order valence-electron chi connectivity index (χ2n) is 6.95. The van der Waals surface area contributed by atoms with Crippen molar-refractivity contribution < 1.29 is 9.59 Å². The summed E-state index contributed by atoms with van der Waals surface area (Å²) in [6.45, 7) is 7.33. The first-order chi connectivity index (χ1) is 11.5. The summed E-state index contributed by atoms with van der Waals surface area (Å²) in [7, 11) is 0. The lowest BCUT2D eigenvalue weighted by atomic mass is 10.1. The van der Waals surface area contributed by atoms with Crippen LogP contribution in [0.5, 0.6) is 0 Å². The van der Waals surface area contributed by atoms with Gasteiger partial charge in [0, 0.05) is 37.2 Å². The molecule has 0 radical (unpaired) electrons. The zero-order chi connectivity index (χ0) is 17.5. The molecule has 2 amide bonds. The van der Waals surface area contributed by atoms with Gasteiger partial charge in [-0.15, -0.1) is 0 Å². The molecule has 134 valence electrons. The summed E-state index contributed by atoms with van der Waals surface area (Å²) in [4.78, 5) is 24.0. The van der Waals surface area contributed by atoms with Crippen molar-refractivity contribution in [2.45, 2.75) is 71.9 Å². The fourth-order valence-electron chi connectivity index (χ4n) is 3.31. The van der Waals surface area contributed by atoms with Crippen molar-refractivity contribution >= 4 is 11.8 Å². The van der Waals surface area contributed by atoms with Gasteiger partial charge in [0.1, 0.15) is 0 Å². The molecule has 2 N–H and O–H groups in total. The number of hydrogen-bond donors (Lipinski definition) is 2. The zero-order valence-electron chi connectivity index (χ0n) is 15.1. The minimum atomic E-state index is -0.117. The number of rotatable bonds is 8. The highest BCUT2D eigenvalue weighted by Crippen LogP contribution is 2.24. The molecule has 1 fully saturated rings. The number of aromatic nitrogens is 2. The summed E-state index contributed by atoms with van der Waals surface area (Å²) in [6.07, 6.45) is 5.42. The van der Waals surface area contributed by atoms with Gasteiger partial charge in [0.2, 0.25) is 11.8 Å². The molecule has 2 rings (SSSR count). The molecule has 6 heteroatoms. The van der Waals surface area contributed by atoms with Gasteiger partial charge in [-0.05, 0) is 46.1 Å². The van der Waals surface area contributed by atoms with Crippen molar-refractivity contribution in [3.8, 4) is 0 Å². The van der Waals surface area contributed by atoms with E-state index in [-0.39, 0.29) is 23.8 Å². The molecule has 6 nitrogen and oxygen atoms in total. The Kier molecular flexibility index (Phi) is 6.82. The van der Waals surface area contributed by atoms with Gasteiger partial charge in [-0.1, -0.05) is 12.8 Å². The first-order valence-corrected chi connectivity index (χ1v) is 9.04. The van der Waals surface area contributed by atoms with Crippen molar-refractivity contribution in [3.63, 3.8) is 0 Å². The molecule has 24 heavy (non-hydrogen) atoms. The highest BCUT2D eigenvalue weighted by atomic mass is 16.2. The predicted octanol–water partition coefficient (Wildman–Crippen LogP) is 2.09. The summed E-state index contributed by atoms with van der Waals surface area (Å²) < 4.78 is 1.96. The van der Waals surface area contributed by atoms with Crippen molar-refractivity contribution in [2.24, 2.45) is 5.92 Å². The average molecular weight is 334 g/mol. The van der Waals surface area contributed by atoms with Crippen LogP contribution in [0.2, 0.25) is 0 Å². The summed E-state index contributed by atoms with van der Waals surface area (Å²) in [5, 5.41) is 10.3. The first-order valence-electron chi connectivity index (χ1n) is 9.04. The molecule has 1 saturated carbocycles. The number of nitrogens with one attached hydrogen (secondary N) is 2. The Labute approximate surface area is 144 Å². The summed E-state index contributed by atoms with van der Waals surface area (Å²) in [5.74, 6) is 0.246. The van der Waals surface area contributed by atoms with Crippen molar-refractivity contribution in [1.82, 2.24) is 20.4 Å². The van der Waals surface area contributed by atoms with Crippen molar-refractivity contribution in [3.05, 3.63) is 17.5 Å². The monoisotopic (exact) mass is 334 g/mol. The Bertz CT molecular complexity index is 561. The van der Waals surface area contributed by atoms with E-state index in [1.165, 1.54) is 0 Å². The fraction of sp³-hybridized carbons (Fsp3) is 0.722. The maximum Gasteiger partial charge on any atom is 0.223 e. The first kappa shape index (κ1) is 18.5. The second kappa shape index (κ2) is 8.85. The Hall–Kier alpha value is -1.85. The minimum Gasteiger partial charge on any atom is -0.356 e. The van der Waals surface area contributed by atoms with E-state index in [2.05, 4.69) is 15.7 Å². The highest BCUT2D eigenvalue weighted by Gasteiger charge is 2.24. The van der Waals surface area contributed by atoms with Crippen LogP contribution in [0.3, 0.4) is 0 Å². The Morgan fingerprint density at radius 1 is 1.33 bits per heavy atom. The molecule has 1 atom stereocenters. The maximum absolute atomic E-state index is 12.0. The molecule has 0 aliphatic heterocycles. The molecule has 1 heterocycles. The van der Waals surface area contributed by atoms with Gasteiger partial charge in [-0.2, -0.15) is 5.10 Å². The summed E-state index contributed by atoms with van der Waals surface area (Å²) in [6, 6.07) is 1.93. The maximum atomic E-state index is 12.0. The molecule has 0 unspecified atom stereocenters. The fourth-order valence-corrected chi connectivity index (χ4v) is 3.31. The van der Waals surface area contributed by atoms with Crippen LogP contribution < -0.4 is 10.6 Å². The van der Waals surface area contributed by atoms with E-state index < -0.39 is 0 Å². The van der Waals surface area contributed by atoms with Crippen LogP contribution in [0.1, 0.15) is 56.8 Å². The molecular weight excluding hydrogens is 304 g/mol. The molecule has 1 aromatic heterocycles. The van der Waals surface area contributed by atoms with Crippen molar-refractivity contribution in [1.29, 1.82) is 0 Å². The number of aryl methyl sites for hydroxylation is 3. The number of nitrogens with zero attached hydrogens (tertiary/aromatic N) is 2. The topological polar surface area (TPSA) is 76.0 Å². The summed E-state index contributed by atoms with van der Waals surface area (Å²) in [5.41, 5.74) is 2.16. The van der Waals surface area contributed by atoms with Crippen LogP contribution >= 0.6 is 0 Å². The third-order valence-electron chi connectivity index (χ3n) is 4.58. The number of carbonyl (C=O) groups excluding carboxylic acids is 2. The van der Waals surface area contributed by atoms with Crippen LogP contribution in [0, 0.1) is 19.8 Å². The Morgan fingerprint density at radius 3 is 2.67 bits per heavy atom. The molecule has 1 aliphatic rings. The van der Waals surface area contributed by atoms with Crippen LogP contribution in [-0.2, 0) is 16.1 Å². The van der Waals surface area contributed by atoms with Gasteiger partial charge in [-0.3, -0.25) is 14.3 Å². The van der Waals surface area contributed by atoms with Gasteiger partial charge < -0.3 is 10.6 Å². The van der Waals surface area contributed by atoms with Gasteiger partial charge in [-0.25, -0.2) is 0 Å². The predicted molar refractivity (Wildman–Crippen MR) is 93.5 cm³/mol. The number of hydrogen-bond acceptors (Lipinski definition) is 3. The van der Waals surface area contributed by atoms with E-state index >= 15 is 0 Å². The zero-order valence-corrected chi connectivity index (χ0v) is 15.1. The van der Waals surface area contributed by atoms with E-state index in [1.54, 1.807) is 0 Å². The van der Waals surface area contributed by atoms with E-state index in [9.17, 15) is 9.59 Å². The van der Waals surface area contributed by atoms with Gasteiger partial charge in [0.25, 0.3) is 0 Å². The molecule has 0 bridgehead atoms. The summed E-state index contributed by atoms with van der Waals surface area (Å²) >= 11 is 0. The van der Waals surface area contributed by atoms with Crippen molar-refractivity contribution in [2.75, 3.05) is 6.54 Å². The molecule has 0 spiro atoms. The van der Waals surface area contributed by atoms with Gasteiger partial charge >= 0.3 is 0 Å². The van der Waals surface area contributed by atoms with Gasteiger partial charge in [0.15, 0.2) is 0 Å². The van der Waals surface area contributed by atoms with Crippen LogP contribution in [0.25, 0.3) is 0 Å². The van der Waals surface area contributed by atoms with E-state index in [4.69, 9.17) is 0 Å². The quantitative estimate of drug-likeness (QED) is 0.715. The molecule has 1 aliphatic carbocycles. The SMILES string of the molecule is Cc1cc(C)n(CCCNC(=O)C[C@H](C)NC(=O)C2CCCC2)n1. The van der Waals surface area contributed by atoms with Crippen LogP contribution in [0.15, 0.2) is 6.07 Å². The second-order valence-corrected chi connectivity index (χ2v) is 6.95. The largest absolute Gasteiger partial charge is 0.356 e. The lowest BCUT2D eigenvalue weighted by molar-refractivity contribution is -0.126. The highest BCUT2D eigenvalue weighted by molar-refractivity contribution is 5.81.